The zero-order chi connectivity index (χ0) is 24.4. The van der Waals surface area contributed by atoms with Crippen LogP contribution in [0.1, 0.15) is 32.6 Å². The molecule has 1 saturated carbocycles. The number of piperazine rings is 1. The minimum atomic E-state index is -0.733. The molecule has 1 aromatic heterocycles. The number of hydrogen-bond acceptors (Lipinski definition) is 7. The lowest BCUT2D eigenvalue weighted by Crippen LogP contribution is -2.54. The molecule has 2 aliphatic rings. The second-order valence-electron chi connectivity index (χ2n) is 9.06. The Balaban J connectivity index is 1.51. The lowest BCUT2D eigenvalue weighted by molar-refractivity contribution is -0.0736. The summed E-state index contributed by atoms with van der Waals surface area (Å²) in [5.74, 6) is 0.0679. The monoisotopic (exact) mass is 511 g/mol. The van der Waals surface area contributed by atoms with Crippen molar-refractivity contribution in [3.63, 3.8) is 0 Å². The van der Waals surface area contributed by atoms with Gasteiger partial charge in [0.25, 0.3) is 0 Å². The van der Waals surface area contributed by atoms with Crippen molar-refractivity contribution in [3.05, 3.63) is 38.7 Å². The zero-order valence-corrected chi connectivity index (χ0v) is 21.0. The zero-order valence-electron chi connectivity index (χ0n) is 19.5. The average Bonchev–Trinajstić information content (AvgIpc) is 3.20. The Hall–Kier alpha value is -1.98. The van der Waals surface area contributed by atoms with Gasteiger partial charge in [0.15, 0.2) is 0 Å². The van der Waals surface area contributed by atoms with Crippen molar-refractivity contribution in [1.29, 1.82) is 0 Å². The fraction of sp³-hybridized carbons (Fsp3) is 0.636. The van der Waals surface area contributed by atoms with Crippen LogP contribution in [0.25, 0.3) is 5.69 Å². The number of amides is 1. The van der Waals surface area contributed by atoms with Gasteiger partial charge in [0.05, 0.1) is 10.0 Å². The second kappa shape index (κ2) is 10.7. The van der Waals surface area contributed by atoms with Crippen LogP contribution in [-0.2, 0) is 0 Å². The highest BCUT2D eigenvalue weighted by atomic mass is 35.5. The molecule has 2 heterocycles. The van der Waals surface area contributed by atoms with Gasteiger partial charge >= 0.3 is 11.7 Å². The third-order valence-corrected chi connectivity index (χ3v) is 7.57. The molecule has 186 valence electrons. The summed E-state index contributed by atoms with van der Waals surface area (Å²) in [5.41, 5.74) is -0.547. The Bertz CT molecular complexity index is 1050. The van der Waals surface area contributed by atoms with Crippen molar-refractivity contribution < 1.29 is 9.90 Å². The van der Waals surface area contributed by atoms with Gasteiger partial charge in [-0.25, -0.2) is 9.59 Å². The maximum Gasteiger partial charge on any atom is 0.377 e. The van der Waals surface area contributed by atoms with Crippen molar-refractivity contribution >= 4 is 29.2 Å². The summed E-state index contributed by atoms with van der Waals surface area (Å²) in [6, 6.07) is 4.19. The number of likely N-dealkylation sites (N-methyl/N-ethyl adjacent to an activating group) is 1. The largest absolute Gasteiger partial charge is 0.378 e. The van der Waals surface area contributed by atoms with Gasteiger partial charge in [-0.15, -0.1) is 4.68 Å². The van der Waals surface area contributed by atoms with Gasteiger partial charge in [0.1, 0.15) is 11.9 Å². The summed E-state index contributed by atoms with van der Waals surface area (Å²) >= 11 is 12.4. The Morgan fingerprint density at radius 1 is 1.18 bits per heavy atom. The number of halogens is 2. The van der Waals surface area contributed by atoms with Crippen molar-refractivity contribution in [2.75, 3.05) is 39.8 Å². The fourth-order valence-corrected chi connectivity index (χ4v) is 5.57. The molecule has 0 bridgehead atoms. The number of nitrogens with zero attached hydrogens (tertiary/aromatic N) is 7. The van der Waals surface area contributed by atoms with Gasteiger partial charge in [-0.05, 0) is 55.8 Å². The molecule has 0 radical (unpaired) electrons. The number of carbonyl (C=O) groups is 1. The highest BCUT2D eigenvalue weighted by Gasteiger charge is 2.36. The van der Waals surface area contributed by atoms with E-state index in [1.165, 1.54) is 0 Å². The van der Waals surface area contributed by atoms with E-state index in [4.69, 9.17) is 23.2 Å². The van der Waals surface area contributed by atoms with E-state index in [-0.39, 0.29) is 27.7 Å². The predicted octanol–water partition coefficient (Wildman–Crippen LogP) is 2.15. The van der Waals surface area contributed by atoms with Crippen LogP contribution >= 0.6 is 23.2 Å². The molecule has 10 nitrogen and oxygen atoms in total. The lowest BCUT2D eigenvalue weighted by atomic mass is 9.83. The van der Waals surface area contributed by atoms with E-state index in [1.54, 1.807) is 23.1 Å². The Kier molecular flexibility index (Phi) is 7.94. The van der Waals surface area contributed by atoms with Crippen molar-refractivity contribution in [1.82, 2.24) is 34.5 Å². The Morgan fingerprint density at radius 2 is 1.85 bits per heavy atom. The van der Waals surface area contributed by atoms with Crippen molar-refractivity contribution in [2.24, 2.45) is 5.92 Å². The molecular formula is C22H31Cl2N7O3. The van der Waals surface area contributed by atoms with Crippen molar-refractivity contribution in [2.45, 2.75) is 44.9 Å². The molecule has 1 N–H and O–H groups in total. The molecule has 1 amide bonds. The standard InChI is InChI=1S/C22H31Cl2N7O3/c1-3-29(16-7-4-6-15(14-16)20(32)28-12-10-27(2)11-13-28)21(33)31-22(34)30(25-26-31)19-17(23)8-5-9-18(19)24/h5,8-9,15-16,20,32H,3-4,6-7,10-14H2,1-2H3. The van der Waals surface area contributed by atoms with Crippen LogP contribution in [0.5, 0.6) is 0 Å². The molecule has 2 fully saturated rings. The van der Waals surface area contributed by atoms with E-state index in [9.17, 15) is 14.7 Å². The number of tetrazole rings is 1. The summed E-state index contributed by atoms with van der Waals surface area (Å²) in [4.78, 5) is 32.4. The van der Waals surface area contributed by atoms with E-state index in [1.807, 2.05) is 6.92 Å². The highest BCUT2D eigenvalue weighted by molar-refractivity contribution is 6.37. The summed E-state index contributed by atoms with van der Waals surface area (Å²) in [7, 11) is 2.09. The van der Waals surface area contributed by atoms with Gasteiger partial charge in [-0.2, -0.15) is 4.68 Å². The van der Waals surface area contributed by atoms with Crippen LogP contribution in [0.2, 0.25) is 10.0 Å². The number of rotatable bonds is 5. The minimum Gasteiger partial charge on any atom is -0.378 e. The van der Waals surface area contributed by atoms with Crippen LogP contribution in [0.15, 0.2) is 23.0 Å². The Morgan fingerprint density at radius 3 is 2.50 bits per heavy atom. The summed E-state index contributed by atoms with van der Waals surface area (Å²) in [6.45, 7) is 5.81. The van der Waals surface area contributed by atoms with Gasteiger partial charge in [-0.1, -0.05) is 35.7 Å². The van der Waals surface area contributed by atoms with Crippen molar-refractivity contribution in [3.8, 4) is 5.69 Å². The second-order valence-corrected chi connectivity index (χ2v) is 9.87. The first-order valence-electron chi connectivity index (χ1n) is 11.7. The maximum absolute atomic E-state index is 13.4. The quantitative estimate of drug-likeness (QED) is 0.613. The van der Waals surface area contributed by atoms with Crippen LogP contribution in [-0.4, -0.2) is 97.7 Å². The number of benzene rings is 1. The molecule has 34 heavy (non-hydrogen) atoms. The van der Waals surface area contributed by atoms with Crippen LogP contribution in [0.4, 0.5) is 4.79 Å². The first-order valence-corrected chi connectivity index (χ1v) is 12.5. The topological polar surface area (TPSA) is 99.7 Å². The van der Waals surface area contributed by atoms with Gasteiger partial charge in [0.2, 0.25) is 0 Å². The van der Waals surface area contributed by atoms with Gasteiger partial charge in [0, 0.05) is 44.7 Å². The van der Waals surface area contributed by atoms with Crippen LogP contribution in [0.3, 0.4) is 0 Å². The number of aliphatic hydroxyl groups is 1. The summed E-state index contributed by atoms with van der Waals surface area (Å²) < 4.78 is 1.70. The highest BCUT2D eigenvalue weighted by Crippen LogP contribution is 2.32. The SMILES string of the molecule is CCN(C(=O)n1nnn(-c2c(Cl)cccc2Cl)c1=O)C1CCCC(C(O)N2CCN(C)CC2)C1. The first kappa shape index (κ1) is 25.1. The average molecular weight is 512 g/mol. The molecule has 12 heteroatoms. The third kappa shape index (κ3) is 5.01. The normalized spacial score (nSPS) is 23.1. The number of carbonyl (C=O) groups excluding carboxylic acids is 1. The number of para-hydroxylation sites is 1. The number of aromatic nitrogens is 4. The van der Waals surface area contributed by atoms with Crippen LogP contribution < -0.4 is 5.69 Å². The molecule has 1 aromatic carbocycles. The maximum atomic E-state index is 13.4. The third-order valence-electron chi connectivity index (χ3n) is 6.96. The molecule has 0 spiro atoms. The van der Waals surface area contributed by atoms with Gasteiger partial charge in [-0.3, -0.25) is 4.90 Å². The number of hydrogen-bond donors (Lipinski definition) is 1. The van der Waals surface area contributed by atoms with E-state index in [0.717, 1.165) is 54.8 Å². The predicted molar refractivity (Wildman–Crippen MR) is 130 cm³/mol. The fourth-order valence-electron chi connectivity index (χ4n) is 5.01. The number of aliphatic hydroxyl groups excluding tert-OH is 1. The Labute approximate surface area is 208 Å². The molecular weight excluding hydrogens is 481 g/mol. The lowest BCUT2D eigenvalue weighted by Gasteiger charge is -2.43. The van der Waals surface area contributed by atoms with Gasteiger partial charge < -0.3 is 14.9 Å². The molecule has 4 rings (SSSR count). The molecule has 3 unspecified atom stereocenters. The first-order chi connectivity index (χ1) is 16.3. The van der Waals surface area contributed by atoms with E-state index in [2.05, 4.69) is 27.3 Å². The van der Waals surface area contributed by atoms with Crippen LogP contribution in [0, 0.1) is 5.92 Å². The van der Waals surface area contributed by atoms with E-state index in [0.29, 0.717) is 13.0 Å². The summed E-state index contributed by atoms with van der Waals surface area (Å²) in [5, 5.41) is 19.2. The summed E-state index contributed by atoms with van der Waals surface area (Å²) in [6.07, 6.45) is 2.77. The molecule has 1 saturated heterocycles. The minimum absolute atomic E-state index is 0.0679. The molecule has 1 aliphatic heterocycles. The van der Waals surface area contributed by atoms with E-state index < -0.39 is 17.9 Å². The smallest absolute Gasteiger partial charge is 0.377 e. The molecule has 1 aliphatic carbocycles. The molecule has 2 aromatic rings. The van der Waals surface area contributed by atoms with E-state index >= 15 is 0 Å². The molecule has 3 atom stereocenters.